The molecule has 2 aromatic rings. The molecular weight excluding hydrogens is 304 g/mol. The molecule has 0 saturated carbocycles. The molecular formula is C19H18N2O3. The molecule has 2 amide bonds. The zero-order chi connectivity index (χ0) is 16.9. The number of nitrogens with zero attached hydrogens (tertiary/aromatic N) is 1. The number of rotatable bonds is 5. The van der Waals surface area contributed by atoms with Crippen molar-refractivity contribution in [3.63, 3.8) is 0 Å². The van der Waals surface area contributed by atoms with Crippen LogP contribution in [0.1, 0.15) is 18.9 Å². The number of nitrogens with one attached hydrogen (secondary N) is 1. The number of anilines is 1. The van der Waals surface area contributed by atoms with Gasteiger partial charge in [0.15, 0.2) is 0 Å². The highest BCUT2D eigenvalue weighted by molar-refractivity contribution is 6.31. The lowest BCUT2D eigenvalue weighted by Crippen LogP contribution is -2.35. The van der Waals surface area contributed by atoms with Crippen LogP contribution in [0.5, 0.6) is 5.75 Å². The molecule has 0 radical (unpaired) electrons. The second kappa shape index (κ2) is 7.00. The van der Waals surface area contributed by atoms with Gasteiger partial charge in [-0.05, 0) is 30.7 Å². The van der Waals surface area contributed by atoms with Gasteiger partial charge in [0.1, 0.15) is 11.3 Å². The Hall–Kier alpha value is -3.08. The van der Waals surface area contributed by atoms with Crippen LogP contribution >= 0.6 is 0 Å². The Balaban J connectivity index is 1.91. The lowest BCUT2D eigenvalue weighted by molar-refractivity contribution is -0.117. The summed E-state index contributed by atoms with van der Waals surface area (Å²) in [5.74, 6) is -0.142. The Morgan fingerprint density at radius 1 is 1.04 bits per heavy atom. The van der Waals surface area contributed by atoms with Gasteiger partial charge in [0, 0.05) is 5.56 Å². The summed E-state index contributed by atoms with van der Waals surface area (Å²) in [4.78, 5) is 24.8. The molecule has 5 nitrogen and oxygen atoms in total. The monoisotopic (exact) mass is 322 g/mol. The summed E-state index contributed by atoms with van der Waals surface area (Å²) >= 11 is 0. The number of hydrogen-bond donors (Lipinski definition) is 1. The number of carbonyl (C=O) groups is 2. The first-order valence-electron chi connectivity index (χ1n) is 7.84. The van der Waals surface area contributed by atoms with Crippen molar-refractivity contribution in [3.05, 3.63) is 65.7 Å². The van der Waals surface area contributed by atoms with Crippen molar-refractivity contribution in [1.29, 1.82) is 0 Å². The molecule has 0 spiro atoms. The third kappa shape index (κ3) is 3.15. The van der Waals surface area contributed by atoms with Crippen LogP contribution in [0.4, 0.5) is 5.69 Å². The SMILES string of the molecule is CCCOc1ccccc1C=C1C(=O)NN(c2ccccc2)C1=O. The average Bonchev–Trinajstić information content (AvgIpc) is 2.90. The Kier molecular flexibility index (Phi) is 4.61. The Morgan fingerprint density at radius 3 is 2.50 bits per heavy atom. The molecule has 1 N–H and O–H groups in total. The molecule has 2 aromatic carbocycles. The highest BCUT2D eigenvalue weighted by Gasteiger charge is 2.34. The molecule has 0 aromatic heterocycles. The normalized spacial score (nSPS) is 15.7. The van der Waals surface area contributed by atoms with E-state index in [9.17, 15) is 9.59 Å². The molecule has 0 atom stereocenters. The lowest BCUT2D eigenvalue weighted by atomic mass is 10.1. The molecule has 3 rings (SSSR count). The van der Waals surface area contributed by atoms with E-state index in [0.29, 0.717) is 23.6 Å². The highest BCUT2D eigenvalue weighted by atomic mass is 16.5. The zero-order valence-electron chi connectivity index (χ0n) is 13.4. The molecule has 1 saturated heterocycles. The molecule has 0 bridgehead atoms. The van der Waals surface area contributed by atoms with E-state index in [1.807, 2.05) is 49.4 Å². The van der Waals surface area contributed by atoms with Crippen LogP contribution < -0.4 is 15.2 Å². The van der Waals surface area contributed by atoms with Crippen LogP contribution in [0.2, 0.25) is 0 Å². The second-order valence-electron chi connectivity index (χ2n) is 5.36. The molecule has 1 heterocycles. The van der Waals surface area contributed by atoms with Crippen molar-refractivity contribution in [3.8, 4) is 5.75 Å². The summed E-state index contributed by atoms with van der Waals surface area (Å²) in [5.41, 5.74) is 4.01. The second-order valence-corrected chi connectivity index (χ2v) is 5.36. The van der Waals surface area contributed by atoms with Gasteiger partial charge in [-0.1, -0.05) is 43.3 Å². The van der Waals surface area contributed by atoms with E-state index in [1.54, 1.807) is 18.2 Å². The third-order valence-corrected chi connectivity index (χ3v) is 3.59. The summed E-state index contributed by atoms with van der Waals surface area (Å²) in [6.45, 7) is 2.60. The number of ether oxygens (including phenoxy) is 1. The fourth-order valence-electron chi connectivity index (χ4n) is 2.42. The number of carbonyl (C=O) groups excluding carboxylic acids is 2. The molecule has 0 aliphatic carbocycles. The molecule has 122 valence electrons. The first kappa shape index (κ1) is 15.8. The van der Waals surface area contributed by atoms with E-state index in [-0.39, 0.29) is 11.5 Å². The van der Waals surface area contributed by atoms with Gasteiger partial charge in [-0.3, -0.25) is 15.0 Å². The fourth-order valence-corrected chi connectivity index (χ4v) is 2.42. The van der Waals surface area contributed by atoms with Crippen LogP contribution in [0.3, 0.4) is 0 Å². The van der Waals surface area contributed by atoms with Crippen molar-refractivity contribution in [2.24, 2.45) is 0 Å². The van der Waals surface area contributed by atoms with Crippen LogP contribution in [-0.4, -0.2) is 18.4 Å². The minimum absolute atomic E-state index is 0.0893. The van der Waals surface area contributed by atoms with Gasteiger partial charge in [0.25, 0.3) is 11.8 Å². The van der Waals surface area contributed by atoms with Crippen molar-refractivity contribution in [1.82, 2.24) is 5.43 Å². The summed E-state index contributed by atoms with van der Waals surface area (Å²) in [6.07, 6.45) is 2.46. The average molecular weight is 322 g/mol. The Labute approximate surface area is 140 Å². The number of benzene rings is 2. The highest BCUT2D eigenvalue weighted by Crippen LogP contribution is 2.25. The first-order chi connectivity index (χ1) is 11.7. The minimum Gasteiger partial charge on any atom is -0.493 e. The van der Waals surface area contributed by atoms with E-state index in [0.717, 1.165) is 6.42 Å². The summed E-state index contributed by atoms with van der Waals surface area (Å²) < 4.78 is 5.68. The smallest absolute Gasteiger partial charge is 0.282 e. The number of amides is 2. The van der Waals surface area contributed by atoms with Crippen molar-refractivity contribution >= 4 is 23.6 Å². The van der Waals surface area contributed by atoms with Crippen LogP contribution in [-0.2, 0) is 9.59 Å². The topological polar surface area (TPSA) is 58.6 Å². The van der Waals surface area contributed by atoms with Gasteiger partial charge < -0.3 is 4.74 Å². The molecule has 0 unspecified atom stereocenters. The van der Waals surface area contributed by atoms with Crippen molar-refractivity contribution in [2.45, 2.75) is 13.3 Å². The molecule has 24 heavy (non-hydrogen) atoms. The maximum atomic E-state index is 12.6. The van der Waals surface area contributed by atoms with E-state index in [1.165, 1.54) is 5.01 Å². The molecule has 5 heteroatoms. The zero-order valence-corrected chi connectivity index (χ0v) is 13.4. The van der Waals surface area contributed by atoms with Gasteiger partial charge >= 0.3 is 0 Å². The van der Waals surface area contributed by atoms with E-state index >= 15 is 0 Å². The minimum atomic E-state index is -0.422. The summed E-state index contributed by atoms with van der Waals surface area (Å²) in [7, 11) is 0. The largest absolute Gasteiger partial charge is 0.493 e. The number of hydrazine groups is 1. The van der Waals surface area contributed by atoms with Gasteiger partial charge in [0.2, 0.25) is 0 Å². The third-order valence-electron chi connectivity index (χ3n) is 3.59. The molecule has 1 aliphatic heterocycles. The van der Waals surface area contributed by atoms with Gasteiger partial charge in [-0.15, -0.1) is 0 Å². The maximum Gasteiger partial charge on any atom is 0.282 e. The van der Waals surface area contributed by atoms with Crippen molar-refractivity contribution < 1.29 is 14.3 Å². The van der Waals surface area contributed by atoms with E-state index in [4.69, 9.17) is 4.74 Å². The summed E-state index contributed by atoms with van der Waals surface area (Å²) in [6, 6.07) is 16.4. The maximum absolute atomic E-state index is 12.6. The Morgan fingerprint density at radius 2 is 1.75 bits per heavy atom. The van der Waals surface area contributed by atoms with Gasteiger partial charge in [0.05, 0.1) is 12.3 Å². The lowest BCUT2D eigenvalue weighted by Gasteiger charge is -2.14. The standard InChI is InChI=1S/C19H18N2O3/c1-2-12-24-17-11-7-6-8-14(17)13-16-18(22)20-21(19(16)23)15-9-4-3-5-10-15/h3-11,13H,2,12H2,1H3,(H,20,22). The quantitative estimate of drug-likeness (QED) is 0.680. The van der Waals surface area contributed by atoms with E-state index in [2.05, 4.69) is 5.43 Å². The van der Waals surface area contributed by atoms with Crippen LogP contribution in [0.25, 0.3) is 6.08 Å². The number of hydrogen-bond acceptors (Lipinski definition) is 3. The predicted molar refractivity (Wildman–Crippen MR) is 92.3 cm³/mol. The summed E-state index contributed by atoms with van der Waals surface area (Å²) in [5, 5.41) is 1.25. The van der Waals surface area contributed by atoms with Crippen LogP contribution in [0.15, 0.2) is 60.2 Å². The van der Waals surface area contributed by atoms with Gasteiger partial charge in [-0.25, -0.2) is 5.01 Å². The molecule has 1 fully saturated rings. The fraction of sp³-hybridized carbons (Fsp3) is 0.158. The van der Waals surface area contributed by atoms with Gasteiger partial charge in [-0.2, -0.15) is 0 Å². The van der Waals surface area contributed by atoms with Crippen LogP contribution in [0, 0.1) is 0 Å². The predicted octanol–water partition coefficient (Wildman–Crippen LogP) is 2.94. The van der Waals surface area contributed by atoms with Crippen molar-refractivity contribution in [2.75, 3.05) is 11.6 Å². The Bertz CT molecular complexity index is 784. The molecule has 1 aliphatic rings. The van der Waals surface area contributed by atoms with E-state index < -0.39 is 5.91 Å². The first-order valence-corrected chi connectivity index (χ1v) is 7.84. The number of para-hydroxylation sites is 2.